The lowest BCUT2D eigenvalue weighted by atomic mass is 9.76. The molecule has 2 aromatic rings. The number of rotatable bonds is 3. The normalized spacial score (nSPS) is 23.8. The molecule has 4 rings (SSSR count). The molecule has 0 N–H and O–H groups in total. The van der Waals surface area contributed by atoms with Gasteiger partial charge in [0.25, 0.3) is 0 Å². The molecule has 1 aliphatic heterocycles. The SMILES string of the molecule is Cc1cccc(OC(=O)c2ccc(N3C(=O)C4CCC(C)CC4C3=O)cc2)c1C. The number of fused-ring (bicyclic) bond motifs is 1. The first kappa shape index (κ1) is 19.4. The second kappa shape index (κ2) is 7.47. The van der Waals surface area contributed by atoms with E-state index in [0.29, 0.717) is 22.9 Å². The van der Waals surface area contributed by atoms with Gasteiger partial charge in [-0.25, -0.2) is 4.79 Å². The van der Waals surface area contributed by atoms with E-state index in [9.17, 15) is 14.4 Å². The second-order valence-electron chi connectivity index (χ2n) is 8.28. The molecule has 5 heteroatoms. The van der Waals surface area contributed by atoms with Gasteiger partial charge in [-0.3, -0.25) is 14.5 Å². The van der Waals surface area contributed by atoms with E-state index >= 15 is 0 Å². The molecule has 5 nitrogen and oxygen atoms in total. The number of nitrogens with zero attached hydrogens (tertiary/aromatic N) is 1. The first-order valence-electron chi connectivity index (χ1n) is 10.1. The van der Waals surface area contributed by atoms with E-state index in [4.69, 9.17) is 4.74 Å². The molecular formula is C24H25NO4. The minimum atomic E-state index is -0.466. The number of benzene rings is 2. The minimum absolute atomic E-state index is 0.113. The van der Waals surface area contributed by atoms with Crippen molar-refractivity contribution in [2.45, 2.75) is 40.0 Å². The van der Waals surface area contributed by atoms with Crippen molar-refractivity contribution >= 4 is 23.5 Å². The van der Waals surface area contributed by atoms with E-state index in [2.05, 4.69) is 6.92 Å². The van der Waals surface area contributed by atoms with Crippen LogP contribution in [0.5, 0.6) is 5.75 Å². The van der Waals surface area contributed by atoms with Gasteiger partial charge in [-0.2, -0.15) is 0 Å². The predicted molar refractivity (Wildman–Crippen MR) is 110 cm³/mol. The number of ether oxygens (including phenoxy) is 1. The lowest BCUT2D eigenvalue weighted by Gasteiger charge is -2.25. The molecule has 2 fully saturated rings. The van der Waals surface area contributed by atoms with E-state index in [1.807, 2.05) is 26.0 Å². The maximum absolute atomic E-state index is 12.8. The third-order valence-electron chi connectivity index (χ3n) is 6.31. The van der Waals surface area contributed by atoms with Crippen molar-refractivity contribution in [3.8, 4) is 5.75 Å². The summed E-state index contributed by atoms with van der Waals surface area (Å²) in [4.78, 5) is 39.4. The van der Waals surface area contributed by atoms with E-state index in [1.165, 1.54) is 4.90 Å². The summed E-state index contributed by atoms with van der Waals surface area (Å²) in [6.45, 7) is 6.00. The number of aryl methyl sites for hydroxylation is 1. The van der Waals surface area contributed by atoms with Gasteiger partial charge in [0.1, 0.15) is 5.75 Å². The maximum atomic E-state index is 12.8. The monoisotopic (exact) mass is 391 g/mol. The summed E-state index contributed by atoms with van der Waals surface area (Å²) in [6.07, 6.45) is 2.52. The van der Waals surface area contributed by atoms with E-state index in [-0.39, 0.29) is 23.7 Å². The highest BCUT2D eigenvalue weighted by atomic mass is 16.5. The maximum Gasteiger partial charge on any atom is 0.343 e. The second-order valence-corrected chi connectivity index (χ2v) is 8.28. The summed E-state index contributed by atoms with van der Waals surface area (Å²) >= 11 is 0. The largest absolute Gasteiger partial charge is 0.423 e. The van der Waals surface area contributed by atoms with Crippen LogP contribution in [-0.4, -0.2) is 17.8 Å². The van der Waals surface area contributed by atoms with Crippen molar-refractivity contribution < 1.29 is 19.1 Å². The summed E-state index contributed by atoms with van der Waals surface area (Å²) < 4.78 is 5.52. The molecule has 0 bridgehead atoms. The van der Waals surface area contributed by atoms with Gasteiger partial charge in [0, 0.05) is 0 Å². The average molecular weight is 391 g/mol. The molecule has 0 radical (unpaired) electrons. The van der Waals surface area contributed by atoms with Crippen LogP contribution in [0, 0.1) is 31.6 Å². The van der Waals surface area contributed by atoms with Crippen LogP contribution < -0.4 is 9.64 Å². The first-order valence-corrected chi connectivity index (χ1v) is 10.1. The van der Waals surface area contributed by atoms with Crippen molar-refractivity contribution in [2.24, 2.45) is 17.8 Å². The van der Waals surface area contributed by atoms with Crippen LogP contribution in [0.3, 0.4) is 0 Å². The first-order chi connectivity index (χ1) is 13.9. The van der Waals surface area contributed by atoms with Crippen LogP contribution in [0.1, 0.15) is 47.7 Å². The van der Waals surface area contributed by atoms with Crippen molar-refractivity contribution in [1.29, 1.82) is 0 Å². The number of amides is 2. The molecule has 29 heavy (non-hydrogen) atoms. The average Bonchev–Trinajstić information content (AvgIpc) is 2.95. The molecule has 0 aromatic heterocycles. The molecule has 2 amide bonds. The molecule has 2 aromatic carbocycles. The molecule has 1 aliphatic carbocycles. The Hall–Kier alpha value is -2.95. The number of carbonyl (C=O) groups is 3. The molecule has 150 valence electrons. The molecule has 3 atom stereocenters. The number of imide groups is 1. The molecule has 2 aliphatic rings. The Morgan fingerprint density at radius 1 is 0.966 bits per heavy atom. The predicted octanol–water partition coefficient (Wildman–Crippen LogP) is 4.45. The number of hydrogen-bond donors (Lipinski definition) is 0. The Balaban J connectivity index is 1.52. The summed E-state index contributed by atoms with van der Waals surface area (Å²) in [5.74, 6) is -0.105. The Morgan fingerprint density at radius 2 is 1.66 bits per heavy atom. The van der Waals surface area contributed by atoms with Gasteiger partial charge in [-0.05, 0) is 80.5 Å². The van der Waals surface area contributed by atoms with Crippen molar-refractivity contribution in [2.75, 3.05) is 4.90 Å². The van der Waals surface area contributed by atoms with Crippen LogP contribution in [0.2, 0.25) is 0 Å². The zero-order chi connectivity index (χ0) is 20.7. The quantitative estimate of drug-likeness (QED) is 0.441. The lowest BCUT2D eigenvalue weighted by molar-refractivity contribution is -0.122. The summed E-state index contributed by atoms with van der Waals surface area (Å²) in [7, 11) is 0. The third kappa shape index (κ3) is 3.46. The number of anilines is 1. The smallest absolute Gasteiger partial charge is 0.343 e. The van der Waals surface area contributed by atoms with Crippen LogP contribution >= 0.6 is 0 Å². The van der Waals surface area contributed by atoms with Crippen LogP contribution in [-0.2, 0) is 9.59 Å². The summed E-state index contributed by atoms with van der Waals surface area (Å²) in [5.41, 5.74) is 2.86. The number of esters is 1. The summed E-state index contributed by atoms with van der Waals surface area (Å²) in [5, 5.41) is 0. The Morgan fingerprint density at radius 3 is 2.38 bits per heavy atom. The topological polar surface area (TPSA) is 63.7 Å². The highest BCUT2D eigenvalue weighted by Crippen LogP contribution is 2.42. The number of carbonyl (C=O) groups excluding carboxylic acids is 3. The minimum Gasteiger partial charge on any atom is -0.423 e. The van der Waals surface area contributed by atoms with Gasteiger partial charge in [-0.1, -0.05) is 19.1 Å². The summed E-state index contributed by atoms with van der Waals surface area (Å²) in [6, 6.07) is 12.1. The fourth-order valence-electron chi connectivity index (χ4n) is 4.38. The van der Waals surface area contributed by atoms with Crippen molar-refractivity contribution in [1.82, 2.24) is 0 Å². The fraction of sp³-hybridized carbons (Fsp3) is 0.375. The van der Waals surface area contributed by atoms with Gasteiger partial charge >= 0.3 is 5.97 Å². The third-order valence-corrected chi connectivity index (χ3v) is 6.31. The standard InChI is InChI=1S/C24H25NO4/c1-14-7-12-19-20(13-14)23(27)25(22(19)26)18-10-8-17(9-11-18)24(28)29-21-6-4-5-15(2)16(21)3/h4-6,8-11,14,19-20H,7,12-13H2,1-3H3. The zero-order valence-electron chi connectivity index (χ0n) is 17.0. The van der Waals surface area contributed by atoms with Crippen LogP contribution in [0.4, 0.5) is 5.69 Å². The Bertz CT molecular complexity index is 979. The number of hydrogen-bond acceptors (Lipinski definition) is 4. The highest BCUT2D eigenvalue weighted by molar-refractivity contribution is 6.22. The molecule has 3 unspecified atom stereocenters. The molecule has 1 heterocycles. The Labute approximate surface area is 170 Å². The fourth-order valence-corrected chi connectivity index (χ4v) is 4.38. The Kier molecular flexibility index (Phi) is 4.99. The van der Waals surface area contributed by atoms with E-state index < -0.39 is 5.97 Å². The molecular weight excluding hydrogens is 366 g/mol. The molecule has 1 saturated heterocycles. The van der Waals surface area contributed by atoms with Gasteiger partial charge in [0.2, 0.25) is 11.8 Å². The van der Waals surface area contributed by atoms with Crippen molar-refractivity contribution in [3.05, 3.63) is 59.2 Å². The lowest BCUT2D eigenvalue weighted by Crippen LogP contribution is -2.30. The van der Waals surface area contributed by atoms with Crippen LogP contribution in [0.15, 0.2) is 42.5 Å². The van der Waals surface area contributed by atoms with Gasteiger partial charge in [-0.15, -0.1) is 0 Å². The highest BCUT2D eigenvalue weighted by Gasteiger charge is 2.49. The van der Waals surface area contributed by atoms with Crippen LogP contribution in [0.25, 0.3) is 0 Å². The van der Waals surface area contributed by atoms with E-state index in [1.54, 1.807) is 30.3 Å². The van der Waals surface area contributed by atoms with E-state index in [0.717, 1.165) is 30.4 Å². The molecule has 1 saturated carbocycles. The van der Waals surface area contributed by atoms with Gasteiger partial charge in [0.15, 0.2) is 0 Å². The van der Waals surface area contributed by atoms with Gasteiger partial charge < -0.3 is 4.74 Å². The van der Waals surface area contributed by atoms with Gasteiger partial charge in [0.05, 0.1) is 23.1 Å². The zero-order valence-corrected chi connectivity index (χ0v) is 17.0. The molecule has 0 spiro atoms. The van der Waals surface area contributed by atoms with Crippen molar-refractivity contribution in [3.63, 3.8) is 0 Å².